The summed E-state index contributed by atoms with van der Waals surface area (Å²) in [6.07, 6.45) is 1.08. The van der Waals surface area contributed by atoms with Gasteiger partial charge in [0.05, 0.1) is 0 Å². The third-order valence-corrected chi connectivity index (χ3v) is 2.95. The Morgan fingerprint density at radius 3 is 2.47 bits per heavy atom. The predicted octanol–water partition coefficient (Wildman–Crippen LogP) is 3.44. The van der Waals surface area contributed by atoms with Crippen molar-refractivity contribution in [1.82, 2.24) is 5.32 Å². The van der Waals surface area contributed by atoms with E-state index in [2.05, 4.69) is 25.2 Å². The Labute approximate surface area is 91.7 Å². The van der Waals surface area contributed by atoms with Crippen molar-refractivity contribution in [2.24, 2.45) is 5.92 Å². The van der Waals surface area contributed by atoms with Crippen LogP contribution in [0.15, 0.2) is 18.2 Å². The van der Waals surface area contributed by atoms with Crippen molar-refractivity contribution in [1.29, 1.82) is 0 Å². The van der Waals surface area contributed by atoms with E-state index >= 15 is 0 Å². The molecular formula is C13H20FN. The van der Waals surface area contributed by atoms with Gasteiger partial charge in [0.2, 0.25) is 0 Å². The smallest absolute Gasteiger partial charge is 0.123 e. The topological polar surface area (TPSA) is 12.0 Å². The van der Waals surface area contributed by atoms with Gasteiger partial charge in [-0.25, -0.2) is 4.39 Å². The summed E-state index contributed by atoms with van der Waals surface area (Å²) in [6, 6.07) is 5.48. The van der Waals surface area contributed by atoms with Crippen molar-refractivity contribution in [3.63, 3.8) is 0 Å². The molecule has 0 bridgehead atoms. The molecule has 0 saturated carbocycles. The summed E-state index contributed by atoms with van der Waals surface area (Å²) in [7, 11) is 1.93. The fraction of sp³-hybridized carbons (Fsp3) is 0.538. The van der Waals surface area contributed by atoms with Crippen LogP contribution in [0.2, 0.25) is 0 Å². The van der Waals surface area contributed by atoms with Gasteiger partial charge in [0.15, 0.2) is 0 Å². The van der Waals surface area contributed by atoms with Crippen molar-refractivity contribution in [3.8, 4) is 0 Å². The first-order valence-electron chi connectivity index (χ1n) is 5.52. The summed E-state index contributed by atoms with van der Waals surface area (Å²) >= 11 is 0. The van der Waals surface area contributed by atoms with Crippen LogP contribution in [0.4, 0.5) is 4.39 Å². The maximum Gasteiger partial charge on any atom is 0.123 e. The van der Waals surface area contributed by atoms with E-state index in [0.29, 0.717) is 5.92 Å². The van der Waals surface area contributed by atoms with Crippen LogP contribution in [0, 0.1) is 18.7 Å². The van der Waals surface area contributed by atoms with E-state index in [4.69, 9.17) is 0 Å². The number of hydrogen-bond donors (Lipinski definition) is 1. The number of benzene rings is 1. The molecule has 0 aliphatic heterocycles. The van der Waals surface area contributed by atoms with Gasteiger partial charge < -0.3 is 5.32 Å². The summed E-state index contributed by atoms with van der Waals surface area (Å²) in [5.74, 6) is 0.366. The Kier molecular flexibility index (Phi) is 4.28. The van der Waals surface area contributed by atoms with Crippen LogP contribution < -0.4 is 5.32 Å². The molecule has 0 aliphatic carbocycles. The molecule has 84 valence electrons. The van der Waals surface area contributed by atoms with Crippen molar-refractivity contribution in [2.45, 2.75) is 33.2 Å². The first kappa shape index (κ1) is 12.2. The number of aryl methyl sites for hydroxylation is 1. The molecular weight excluding hydrogens is 189 g/mol. The van der Waals surface area contributed by atoms with E-state index in [1.54, 1.807) is 12.1 Å². The quantitative estimate of drug-likeness (QED) is 0.801. The van der Waals surface area contributed by atoms with E-state index in [9.17, 15) is 4.39 Å². The van der Waals surface area contributed by atoms with Crippen LogP contribution in [0.5, 0.6) is 0 Å². The number of hydrogen-bond acceptors (Lipinski definition) is 1. The SMILES string of the molecule is CCC(C)C(NC)c1cc(C)cc(F)c1. The molecule has 0 radical (unpaired) electrons. The Morgan fingerprint density at radius 2 is 2.00 bits per heavy atom. The molecule has 1 aromatic carbocycles. The van der Waals surface area contributed by atoms with Gasteiger partial charge in [-0.3, -0.25) is 0 Å². The highest BCUT2D eigenvalue weighted by Crippen LogP contribution is 2.25. The molecule has 2 unspecified atom stereocenters. The summed E-state index contributed by atoms with van der Waals surface area (Å²) in [5.41, 5.74) is 2.03. The maximum absolute atomic E-state index is 13.3. The van der Waals surface area contributed by atoms with Gasteiger partial charge in [0.25, 0.3) is 0 Å². The number of halogens is 1. The van der Waals surface area contributed by atoms with E-state index in [0.717, 1.165) is 17.5 Å². The molecule has 0 spiro atoms. The van der Waals surface area contributed by atoms with E-state index < -0.39 is 0 Å². The highest BCUT2D eigenvalue weighted by atomic mass is 19.1. The van der Waals surface area contributed by atoms with Crippen molar-refractivity contribution in [2.75, 3.05) is 7.05 Å². The molecule has 1 rings (SSSR count). The number of rotatable bonds is 4. The molecule has 2 atom stereocenters. The zero-order valence-corrected chi connectivity index (χ0v) is 9.97. The Bertz CT molecular complexity index is 302. The highest BCUT2D eigenvalue weighted by molar-refractivity contribution is 5.26. The molecule has 1 N–H and O–H groups in total. The number of nitrogens with one attached hydrogen (secondary N) is 1. The van der Waals surface area contributed by atoms with Crippen molar-refractivity contribution < 1.29 is 4.39 Å². The molecule has 0 heterocycles. The van der Waals surface area contributed by atoms with Gasteiger partial charge in [-0.05, 0) is 43.1 Å². The lowest BCUT2D eigenvalue weighted by Crippen LogP contribution is -2.23. The zero-order valence-electron chi connectivity index (χ0n) is 9.97. The minimum Gasteiger partial charge on any atom is -0.313 e. The monoisotopic (exact) mass is 209 g/mol. The normalized spacial score (nSPS) is 15.0. The molecule has 2 heteroatoms. The second-order valence-corrected chi connectivity index (χ2v) is 4.21. The van der Waals surface area contributed by atoms with Crippen molar-refractivity contribution >= 4 is 0 Å². The van der Waals surface area contributed by atoms with E-state index in [-0.39, 0.29) is 11.9 Å². The van der Waals surface area contributed by atoms with E-state index in [1.165, 1.54) is 0 Å². The first-order valence-corrected chi connectivity index (χ1v) is 5.52. The zero-order chi connectivity index (χ0) is 11.4. The lowest BCUT2D eigenvalue weighted by Gasteiger charge is -2.23. The summed E-state index contributed by atoms with van der Waals surface area (Å²) < 4.78 is 13.3. The third kappa shape index (κ3) is 3.03. The van der Waals surface area contributed by atoms with Crippen LogP contribution in [0.1, 0.15) is 37.4 Å². The van der Waals surface area contributed by atoms with Gasteiger partial charge in [-0.15, -0.1) is 0 Å². The van der Waals surface area contributed by atoms with Crippen LogP contribution in [0.3, 0.4) is 0 Å². The fourth-order valence-corrected chi connectivity index (χ4v) is 1.96. The third-order valence-electron chi connectivity index (χ3n) is 2.95. The lowest BCUT2D eigenvalue weighted by molar-refractivity contribution is 0.399. The van der Waals surface area contributed by atoms with Crippen LogP contribution >= 0.6 is 0 Å². The molecule has 15 heavy (non-hydrogen) atoms. The summed E-state index contributed by atoms with van der Waals surface area (Å²) in [5, 5.41) is 3.26. The fourth-order valence-electron chi connectivity index (χ4n) is 1.96. The molecule has 1 nitrogen and oxygen atoms in total. The second-order valence-electron chi connectivity index (χ2n) is 4.21. The minimum atomic E-state index is -0.145. The Morgan fingerprint density at radius 1 is 1.33 bits per heavy atom. The summed E-state index contributed by atoms with van der Waals surface area (Å²) in [6.45, 7) is 6.26. The van der Waals surface area contributed by atoms with Gasteiger partial charge in [0.1, 0.15) is 5.82 Å². The average Bonchev–Trinajstić information content (AvgIpc) is 2.17. The predicted molar refractivity (Wildman–Crippen MR) is 62.4 cm³/mol. The van der Waals surface area contributed by atoms with Crippen molar-refractivity contribution in [3.05, 3.63) is 35.1 Å². The highest BCUT2D eigenvalue weighted by Gasteiger charge is 2.16. The van der Waals surface area contributed by atoms with Gasteiger partial charge >= 0.3 is 0 Å². The Balaban J connectivity index is 3.01. The maximum atomic E-state index is 13.3. The van der Waals surface area contributed by atoms with Crippen LogP contribution in [-0.4, -0.2) is 7.05 Å². The van der Waals surface area contributed by atoms with Gasteiger partial charge in [-0.1, -0.05) is 26.3 Å². The molecule has 0 amide bonds. The molecule has 0 aromatic heterocycles. The second kappa shape index (κ2) is 5.26. The minimum absolute atomic E-state index is 0.145. The Hall–Kier alpha value is -0.890. The molecule has 0 saturated heterocycles. The van der Waals surface area contributed by atoms with Gasteiger partial charge in [0, 0.05) is 6.04 Å². The van der Waals surface area contributed by atoms with E-state index in [1.807, 2.05) is 14.0 Å². The first-order chi connectivity index (χ1) is 7.08. The molecule has 1 aromatic rings. The average molecular weight is 209 g/mol. The standard InChI is InChI=1S/C13H20FN/c1-5-10(3)13(15-4)11-6-9(2)7-12(14)8-11/h6-8,10,13,15H,5H2,1-4H3. The lowest BCUT2D eigenvalue weighted by atomic mass is 9.92. The summed E-state index contributed by atoms with van der Waals surface area (Å²) in [4.78, 5) is 0. The molecule has 0 aliphatic rings. The van der Waals surface area contributed by atoms with Crippen LogP contribution in [0.25, 0.3) is 0 Å². The largest absolute Gasteiger partial charge is 0.313 e. The molecule has 0 fully saturated rings. The van der Waals surface area contributed by atoms with Gasteiger partial charge in [-0.2, -0.15) is 0 Å². The van der Waals surface area contributed by atoms with Crippen LogP contribution in [-0.2, 0) is 0 Å².